The van der Waals surface area contributed by atoms with Crippen molar-refractivity contribution in [2.45, 2.75) is 19.9 Å². The number of aromatic nitrogens is 2. The largest absolute Gasteiger partial charge is 0.450 e. The van der Waals surface area contributed by atoms with Crippen LogP contribution in [0.1, 0.15) is 18.2 Å². The molecule has 2 N–H and O–H groups in total. The molecule has 0 aliphatic carbocycles. The number of amides is 4. The van der Waals surface area contributed by atoms with E-state index in [1.54, 1.807) is 34.5 Å². The fraction of sp³-hybridized carbons (Fsp3) is 0.421. The summed E-state index contributed by atoms with van der Waals surface area (Å²) in [4.78, 5) is 47.7. The van der Waals surface area contributed by atoms with E-state index in [9.17, 15) is 14.4 Å². The fourth-order valence-electron chi connectivity index (χ4n) is 2.85. The lowest BCUT2D eigenvalue weighted by Crippen LogP contribution is -2.51. The summed E-state index contributed by atoms with van der Waals surface area (Å²) in [6, 6.07) is 3.40. The Bertz CT molecular complexity index is 867. The molecule has 2 aromatic rings. The molecule has 1 fully saturated rings. The number of piperazine rings is 1. The van der Waals surface area contributed by atoms with Gasteiger partial charge in [0.15, 0.2) is 5.13 Å². The standard InChI is InChI=1S/C19H24N6O4S/c1-2-29-19(28)25-9-7-24(8-10-25)18(27)23-17-22-15(13-30-17)11-16(26)21-12-14-3-5-20-6-4-14/h3-6,13H,2,7-12H2,1H3,(H,21,26)(H,22,23,27). The van der Waals surface area contributed by atoms with E-state index in [-0.39, 0.29) is 24.5 Å². The number of carbonyl (C=O) groups is 3. The van der Waals surface area contributed by atoms with Crippen molar-refractivity contribution in [2.75, 3.05) is 38.1 Å². The number of hydrogen-bond donors (Lipinski definition) is 2. The van der Waals surface area contributed by atoms with Gasteiger partial charge in [0, 0.05) is 50.5 Å². The Labute approximate surface area is 178 Å². The zero-order valence-corrected chi connectivity index (χ0v) is 17.5. The van der Waals surface area contributed by atoms with E-state index in [4.69, 9.17) is 4.74 Å². The molecular formula is C19H24N6O4S. The van der Waals surface area contributed by atoms with Gasteiger partial charge in [0.1, 0.15) is 0 Å². The van der Waals surface area contributed by atoms with Crippen LogP contribution < -0.4 is 10.6 Å². The topological polar surface area (TPSA) is 117 Å². The molecule has 4 amide bonds. The smallest absolute Gasteiger partial charge is 0.409 e. The lowest BCUT2D eigenvalue weighted by molar-refractivity contribution is -0.120. The van der Waals surface area contributed by atoms with Crippen molar-refractivity contribution in [3.63, 3.8) is 0 Å². The van der Waals surface area contributed by atoms with Gasteiger partial charge in [-0.15, -0.1) is 11.3 Å². The summed E-state index contributed by atoms with van der Waals surface area (Å²) in [6.45, 7) is 4.19. The van der Waals surface area contributed by atoms with Crippen LogP contribution in [0.4, 0.5) is 14.7 Å². The predicted octanol–water partition coefficient (Wildman–Crippen LogP) is 1.70. The van der Waals surface area contributed by atoms with Gasteiger partial charge in [0.25, 0.3) is 0 Å². The number of carbonyl (C=O) groups excluding carboxylic acids is 3. The molecule has 0 unspecified atom stereocenters. The van der Waals surface area contributed by atoms with Gasteiger partial charge in [0.2, 0.25) is 5.91 Å². The lowest BCUT2D eigenvalue weighted by atomic mass is 10.2. The SMILES string of the molecule is CCOC(=O)N1CCN(C(=O)Nc2nc(CC(=O)NCc3ccncc3)cs2)CC1. The van der Waals surface area contributed by atoms with Crippen LogP contribution in [0.3, 0.4) is 0 Å². The highest BCUT2D eigenvalue weighted by Crippen LogP contribution is 2.17. The Morgan fingerprint density at radius 1 is 1.13 bits per heavy atom. The fourth-order valence-corrected chi connectivity index (χ4v) is 3.55. The van der Waals surface area contributed by atoms with Gasteiger partial charge in [-0.2, -0.15) is 0 Å². The van der Waals surface area contributed by atoms with Gasteiger partial charge in [-0.05, 0) is 24.6 Å². The predicted molar refractivity (Wildman–Crippen MR) is 111 cm³/mol. The molecule has 30 heavy (non-hydrogen) atoms. The van der Waals surface area contributed by atoms with Crippen LogP contribution >= 0.6 is 11.3 Å². The summed E-state index contributed by atoms with van der Waals surface area (Å²) in [6.07, 6.45) is 3.13. The lowest BCUT2D eigenvalue weighted by Gasteiger charge is -2.33. The second-order valence-electron chi connectivity index (χ2n) is 6.56. The molecule has 0 radical (unpaired) electrons. The number of nitrogens with one attached hydrogen (secondary N) is 2. The van der Waals surface area contributed by atoms with E-state index >= 15 is 0 Å². The molecular weight excluding hydrogens is 408 g/mol. The number of hydrogen-bond acceptors (Lipinski definition) is 7. The molecule has 10 nitrogen and oxygen atoms in total. The van der Waals surface area contributed by atoms with E-state index in [1.807, 2.05) is 12.1 Å². The van der Waals surface area contributed by atoms with Gasteiger partial charge >= 0.3 is 12.1 Å². The van der Waals surface area contributed by atoms with Crippen molar-refractivity contribution in [1.82, 2.24) is 25.1 Å². The summed E-state index contributed by atoms with van der Waals surface area (Å²) in [7, 11) is 0. The Balaban J connectivity index is 1.42. The maximum absolute atomic E-state index is 12.4. The van der Waals surface area contributed by atoms with Gasteiger partial charge in [-0.3, -0.25) is 15.1 Å². The number of thiazole rings is 1. The first-order chi connectivity index (χ1) is 14.5. The molecule has 1 saturated heterocycles. The zero-order chi connectivity index (χ0) is 21.3. The summed E-state index contributed by atoms with van der Waals surface area (Å²) in [5.74, 6) is -0.148. The number of rotatable bonds is 6. The zero-order valence-electron chi connectivity index (χ0n) is 16.7. The average Bonchev–Trinajstić information content (AvgIpc) is 3.19. The third kappa shape index (κ3) is 6.14. The van der Waals surface area contributed by atoms with Crippen molar-refractivity contribution in [3.8, 4) is 0 Å². The first-order valence-corrected chi connectivity index (χ1v) is 10.5. The van der Waals surface area contributed by atoms with E-state index in [1.165, 1.54) is 11.3 Å². The van der Waals surface area contributed by atoms with E-state index in [2.05, 4.69) is 20.6 Å². The minimum absolute atomic E-state index is 0.135. The highest BCUT2D eigenvalue weighted by Gasteiger charge is 2.25. The van der Waals surface area contributed by atoms with Crippen molar-refractivity contribution < 1.29 is 19.1 Å². The highest BCUT2D eigenvalue weighted by atomic mass is 32.1. The van der Waals surface area contributed by atoms with Crippen molar-refractivity contribution in [1.29, 1.82) is 0 Å². The number of pyridine rings is 1. The van der Waals surface area contributed by atoms with Crippen LogP contribution in [0.15, 0.2) is 29.9 Å². The summed E-state index contributed by atoms with van der Waals surface area (Å²) in [5, 5.41) is 7.77. The molecule has 2 aromatic heterocycles. The first kappa shape index (κ1) is 21.5. The second-order valence-corrected chi connectivity index (χ2v) is 7.41. The molecule has 0 spiro atoms. The van der Waals surface area contributed by atoms with E-state index in [0.29, 0.717) is 50.2 Å². The van der Waals surface area contributed by atoms with Crippen LogP contribution in [-0.2, 0) is 22.5 Å². The monoisotopic (exact) mass is 432 g/mol. The van der Waals surface area contributed by atoms with Gasteiger partial charge < -0.3 is 19.9 Å². The van der Waals surface area contributed by atoms with Crippen molar-refractivity contribution >= 4 is 34.5 Å². The molecule has 3 rings (SSSR count). The van der Waals surface area contributed by atoms with Crippen molar-refractivity contribution in [2.24, 2.45) is 0 Å². The van der Waals surface area contributed by atoms with Crippen LogP contribution in [0.2, 0.25) is 0 Å². The third-order valence-electron chi connectivity index (χ3n) is 4.44. The molecule has 1 aliphatic rings. The number of urea groups is 1. The first-order valence-electron chi connectivity index (χ1n) is 9.62. The Kier molecular flexibility index (Phi) is 7.55. The highest BCUT2D eigenvalue weighted by molar-refractivity contribution is 7.13. The number of nitrogens with zero attached hydrogens (tertiary/aromatic N) is 4. The van der Waals surface area contributed by atoms with Crippen molar-refractivity contribution in [3.05, 3.63) is 41.2 Å². The maximum atomic E-state index is 12.4. The quantitative estimate of drug-likeness (QED) is 0.718. The van der Waals surface area contributed by atoms with Crippen LogP contribution in [-0.4, -0.2) is 70.6 Å². The minimum atomic E-state index is -0.357. The normalized spacial score (nSPS) is 13.6. The molecule has 11 heteroatoms. The van der Waals surface area contributed by atoms with E-state index < -0.39 is 0 Å². The molecule has 3 heterocycles. The van der Waals surface area contributed by atoms with E-state index in [0.717, 1.165) is 5.56 Å². The molecule has 0 atom stereocenters. The van der Waals surface area contributed by atoms with Crippen LogP contribution in [0.5, 0.6) is 0 Å². The average molecular weight is 433 g/mol. The van der Waals surface area contributed by atoms with Crippen LogP contribution in [0, 0.1) is 0 Å². The van der Waals surface area contributed by atoms with Gasteiger partial charge in [0.05, 0.1) is 18.7 Å². The van der Waals surface area contributed by atoms with Crippen LogP contribution in [0.25, 0.3) is 0 Å². The summed E-state index contributed by atoms with van der Waals surface area (Å²) in [5.41, 5.74) is 1.56. The third-order valence-corrected chi connectivity index (χ3v) is 5.25. The Morgan fingerprint density at radius 2 is 1.83 bits per heavy atom. The molecule has 1 aliphatic heterocycles. The van der Waals surface area contributed by atoms with Gasteiger partial charge in [-0.25, -0.2) is 14.6 Å². The summed E-state index contributed by atoms with van der Waals surface area (Å²) < 4.78 is 4.97. The van der Waals surface area contributed by atoms with Gasteiger partial charge in [-0.1, -0.05) is 0 Å². The molecule has 0 bridgehead atoms. The Morgan fingerprint density at radius 3 is 2.53 bits per heavy atom. The summed E-state index contributed by atoms with van der Waals surface area (Å²) >= 11 is 1.27. The Hall–Kier alpha value is -3.21. The second kappa shape index (κ2) is 10.5. The number of anilines is 1. The molecule has 0 saturated carbocycles. The number of ether oxygens (including phenoxy) is 1. The molecule has 0 aromatic carbocycles. The minimum Gasteiger partial charge on any atom is -0.450 e. The maximum Gasteiger partial charge on any atom is 0.409 e. The molecule has 160 valence electrons.